The van der Waals surface area contributed by atoms with Crippen LogP contribution in [0.4, 0.5) is 0 Å². The summed E-state index contributed by atoms with van der Waals surface area (Å²) in [7, 11) is 0. The Morgan fingerprint density at radius 3 is 2.55 bits per heavy atom. The Hall–Kier alpha value is -2.14. The Bertz CT molecular complexity index is 522. The van der Waals surface area contributed by atoms with Gasteiger partial charge in [0.15, 0.2) is 0 Å². The van der Waals surface area contributed by atoms with Crippen LogP contribution < -0.4 is 10.6 Å². The summed E-state index contributed by atoms with van der Waals surface area (Å²) in [6.45, 7) is -0.413. The fraction of sp³-hybridized carbons (Fsp3) is 0.412. The van der Waals surface area contributed by atoms with E-state index in [4.69, 9.17) is 0 Å². The highest BCUT2D eigenvalue weighted by Crippen LogP contribution is 2.17. The Balaban J connectivity index is 1.84. The van der Waals surface area contributed by atoms with Crippen LogP contribution in [0, 0.1) is 0 Å². The highest BCUT2D eigenvalue weighted by Gasteiger charge is 2.23. The second-order valence-corrected chi connectivity index (χ2v) is 5.48. The lowest BCUT2D eigenvalue weighted by molar-refractivity contribution is -0.128. The van der Waals surface area contributed by atoms with Gasteiger partial charge in [0.05, 0.1) is 6.61 Å². The molecule has 1 aromatic carbocycles. The van der Waals surface area contributed by atoms with Crippen molar-refractivity contribution in [3.8, 4) is 0 Å². The molecule has 0 spiro atoms. The largest absolute Gasteiger partial charge is 0.394 e. The van der Waals surface area contributed by atoms with Crippen LogP contribution in [-0.2, 0) is 9.59 Å². The molecule has 22 heavy (non-hydrogen) atoms. The van der Waals surface area contributed by atoms with Crippen molar-refractivity contribution in [2.75, 3.05) is 6.61 Å². The lowest BCUT2D eigenvalue weighted by Crippen LogP contribution is -2.50. The van der Waals surface area contributed by atoms with Gasteiger partial charge in [-0.25, -0.2) is 0 Å². The highest BCUT2D eigenvalue weighted by atomic mass is 16.3. The summed E-state index contributed by atoms with van der Waals surface area (Å²) in [5.41, 5.74) is 0.897. The van der Waals surface area contributed by atoms with Gasteiger partial charge in [-0.1, -0.05) is 43.2 Å². The molecule has 1 aliphatic carbocycles. The summed E-state index contributed by atoms with van der Waals surface area (Å²) >= 11 is 0. The molecule has 0 heterocycles. The summed E-state index contributed by atoms with van der Waals surface area (Å²) < 4.78 is 0. The molecule has 1 fully saturated rings. The lowest BCUT2D eigenvalue weighted by atomic mass is 10.2. The van der Waals surface area contributed by atoms with E-state index in [0.717, 1.165) is 31.2 Å². The van der Waals surface area contributed by atoms with Gasteiger partial charge in [0.25, 0.3) is 0 Å². The second kappa shape index (κ2) is 8.34. The van der Waals surface area contributed by atoms with Gasteiger partial charge in [-0.3, -0.25) is 9.59 Å². The lowest BCUT2D eigenvalue weighted by Gasteiger charge is -2.18. The van der Waals surface area contributed by atoms with Gasteiger partial charge in [-0.15, -0.1) is 0 Å². The number of amides is 2. The molecular weight excluding hydrogens is 280 g/mol. The molecular formula is C17H22N2O3. The van der Waals surface area contributed by atoms with Crippen molar-refractivity contribution < 1.29 is 14.7 Å². The maximum Gasteiger partial charge on any atom is 0.245 e. The summed E-state index contributed by atoms with van der Waals surface area (Å²) in [6, 6.07) is 8.66. The maximum absolute atomic E-state index is 12.0. The molecule has 1 atom stereocenters. The van der Waals surface area contributed by atoms with Crippen molar-refractivity contribution >= 4 is 17.9 Å². The average Bonchev–Trinajstić information content (AvgIpc) is 3.04. The van der Waals surface area contributed by atoms with E-state index in [1.807, 2.05) is 30.3 Å². The van der Waals surface area contributed by atoms with E-state index in [9.17, 15) is 14.7 Å². The van der Waals surface area contributed by atoms with Gasteiger partial charge in [0, 0.05) is 12.1 Å². The molecule has 0 aliphatic heterocycles. The summed E-state index contributed by atoms with van der Waals surface area (Å²) in [5, 5.41) is 14.7. The van der Waals surface area contributed by atoms with Crippen LogP contribution in [-0.4, -0.2) is 35.6 Å². The van der Waals surface area contributed by atoms with Gasteiger partial charge in [-0.2, -0.15) is 0 Å². The number of carbonyl (C=O) groups is 2. The van der Waals surface area contributed by atoms with Gasteiger partial charge < -0.3 is 15.7 Å². The average molecular weight is 302 g/mol. The number of rotatable bonds is 6. The van der Waals surface area contributed by atoms with E-state index in [0.29, 0.717) is 0 Å². The predicted octanol–water partition coefficient (Wildman–Crippen LogP) is 1.24. The minimum absolute atomic E-state index is 0.165. The van der Waals surface area contributed by atoms with Gasteiger partial charge in [-0.05, 0) is 24.5 Å². The minimum Gasteiger partial charge on any atom is -0.394 e. The third-order valence-electron chi connectivity index (χ3n) is 3.74. The van der Waals surface area contributed by atoms with Crippen molar-refractivity contribution in [3.63, 3.8) is 0 Å². The number of hydrogen-bond donors (Lipinski definition) is 3. The molecule has 0 bridgehead atoms. The van der Waals surface area contributed by atoms with Crippen LogP contribution in [0.3, 0.4) is 0 Å². The van der Waals surface area contributed by atoms with Crippen LogP contribution in [0.15, 0.2) is 36.4 Å². The molecule has 5 heteroatoms. The van der Waals surface area contributed by atoms with Gasteiger partial charge in [0.2, 0.25) is 11.8 Å². The van der Waals surface area contributed by atoms with Crippen molar-refractivity contribution in [1.82, 2.24) is 10.6 Å². The third-order valence-corrected chi connectivity index (χ3v) is 3.74. The predicted molar refractivity (Wildman–Crippen MR) is 84.9 cm³/mol. The molecule has 1 saturated carbocycles. The Morgan fingerprint density at radius 1 is 1.23 bits per heavy atom. The topological polar surface area (TPSA) is 78.4 Å². The van der Waals surface area contributed by atoms with Crippen LogP contribution in [0.25, 0.3) is 6.08 Å². The number of benzene rings is 1. The van der Waals surface area contributed by atoms with Crippen molar-refractivity contribution in [2.24, 2.45) is 0 Å². The third kappa shape index (κ3) is 5.00. The Labute approximate surface area is 130 Å². The van der Waals surface area contributed by atoms with Crippen LogP contribution in [0.2, 0.25) is 0 Å². The summed E-state index contributed by atoms with van der Waals surface area (Å²) in [4.78, 5) is 23.9. The van der Waals surface area contributed by atoms with Gasteiger partial charge >= 0.3 is 0 Å². The van der Waals surface area contributed by atoms with E-state index in [2.05, 4.69) is 10.6 Å². The second-order valence-electron chi connectivity index (χ2n) is 5.48. The van der Waals surface area contributed by atoms with E-state index >= 15 is 0 Å². The van der Waals surface area contributed by atoms with E-state index in [1.54, 1.807) is 6.08 Å². The number of nitrogens with one attached hydrogen (secondary N) is 2. The van der Waals surface area contributed by atoms with Gasteiger partial charge in [0.1, 0.15) is 6.04 Å². The van der Waals surface area contributed by atoms with Crippen molar-refractivity contribution in [3.05, 3.63) is 42.0 Å². The normalized spacial score (nSPS) is 16.6. The van der Waals surface area contributed by atoms with E-state index in [-0.39, 0.29) is 11.9 Å². The number of aliphatic hydroxyl groups excluding tert-OH is 1. The molecule has 1 unspecified atom stereocenters. The first-order valence-corrected chi connectivity index (χ1v) is 7.64. The summed E-state index contributed by atoms with van der Waals surface area (Å²) in [5.74, 6) is -0.722. The van der Waals surface area contributed by atoms with Crippen LogP contribution in [0.1, 0.15) is 31.2 Å². The molecule has 1 aliphatic rings. The smallest absolute Gasteiger partial charge is 0.245 e. The minimum atomic E-state index is -0.909. The van der Waals surface area contributed by atoms with E-state index < -0.39 is 18.6 Å². The van der Waals surface area contributed by atoms with Crippen LogP contribution in [0.5, 0.6) is 0 Å². The molecule has 5 nitrogen and oxygen atoms in total. The Kier molecular flexibility index (Phi) is 6.15. The SMILES string of the molecule is O=C(C=Cc1ccccc1)NC(CO)C(=O)NC1CCCC1. The molecule has 2 rings (SSSR count). The zero-order valence-corrected chi connectivity index (χ0v) is 12.5. The number of hydrogen-bond acceptors (Lipinski definition) is 3. The first-order chi connectivity index (χ1) is 10.7. The van der Waals surface area contributed by atoms with Crippen LogP contribution >= 0.6 is 0 Å². The molecule has 0 radical (unpaired) electrons. The molecule has 118 valence electrons. The fourth-order valence-corrected chi connectivity index (χ4v) is 2.52. The van der Waals surface area contributed by atoms with E-state index in [1.165, 1.54) is 6.08 Å². The summed E-state index contributed by atoms with van der Waals surface area (Å²) in [6.07, 6.45) is 7.18. The number of carbonyl (C=O) groups excluding carboxylic acids is 2. The van der Waals surface area contributed by atoms with Crippen molar-refractivity contribution in [1.29, 1.82) is 0 Å². The molecule has 2 amide bonds. The molecule has 0 saturated heterocycles. The molecule has 3 N–H and O–H groups in total. The molecule has 1 aromatic rings. The quantitative estimate of drug-likeness (QED) is 0.692. The first-order valence-electron chi connectivity index (χ1n) is 7.64. The maximum atomic E-state index is 12.0. The molecule has 0 aromatic heterocycles. The zero-order valence-electron chi connectivity index (χ0n) is 12.5. The monoisotopic (exact) mass is 302 g/mol. The highest BCUT2D eigenvalue weighted by molar-refractivity contribution is 5.95. The van der Waals surface area contributed by atoms with Crippen molar-refractivity contribution in [2.45, 2.75) is 37.8 Å². The number of aliphatic hydroxyl groups is 1. The first kappa shape index (κ1) is 16.2. The fourth-order valence-electron chi connectivity index (χ4n) is 2.52. The standard InChI is InChI=1S/C17H22N2O3/c20-12-15(17(22)18-14-8-4-5-9-14)19-16(21)11-10-13-6-2-1-3-7-13/h1-3,6-7,10-11,14-15,20H,4-5,8-9,12H2,(H,18,22)(H,19,21). The Morgan fingerprint density at radius 2 is 1.91 bits per heavy atom. The zero-order chi connectivity index (χ0) is 15.8.